The zero-order chi connectivity index (χ0) is 19.4. The summed E-state index contributed by atoms with van der Waals surface area (Å²) in [5.74, 6) is 0.00971. The average molecular weight is 366 g/mol. The molecule has 2 aromatic heterocycles. The van der Waals surface area contributed by atoms with Crippen molar-refractivity contribution >= 4 is 16.7 Å². The summed E-state index contributed by atoms with van der Waals surface area (Å²) < 4.78 is 6.83. The smallest absolute Gasteiger partial charge is 0.274 e. The molecule has 1 aromatic carbocycles. The Bertz CT molecular complexity index is 1030. The van der Waals surface area contributed by atoms with Gasteiger partial charge in [-0.15, -0.1) is 0 Å². The molecule has 0 aliphatic carbocycles. The molecule has 0 unspecified atom stereocenters. The van der Waals surface area contributed by atoms with Gasteiger partial charge in [0, 0.05) is 17.1 Å². The molecule has 3 aromatic rings. The molecule has 0 saturated carbocycles. The van der Waals surface area contributed by atoms with Crippen LogP contribution in [0.5, 0.6) is 5.88 Å². The first-order valence-corrected chi connectivity index (χ1v) is 8.85. The van der Waals surface area contributed by atoms with Crippen molar-refractivity contribution in [3.05, 3.63) is 64.2 Å². The molecule has 27 heavy (non-hydrogen) atoms. The van der Waals surface area contributed by atoms with Crippen LogP contribution in [-0.4, -0.2) is 33.3 Å². The van der Waals surface area contributed by atoms with Gasteiger partial charge in [0.15, 0.2) is 0 Å². The number of hydrogen-bond donors (Lipinski definition) is 1. The molecule has 7 heteroatoms. The molecule has 0 bridgehead atoms. The summed E-state index contributed by atoms with van der Waals surface area (Å²) in [6.45, 7) is 6.18. The number of benzene rings is 1. The number of nitrogens with one attached hydrogen (secondary N) is 1. The topological polar surface area (TPSA) is 86.1 Å². The highest BCUT2D eigenvalue weighted by molar-refractivity contribution is 5.96. The average Bonchev–Trinajstić information content (AvgIpc) is 2.64. The number of ether oxygens (including phenoxy) is 1. The van der Waals surface area contributed by atoms with E-state index in [4.69, 9.17) is 4.74 Å². The molecule has 0 saturated heterocycles. The Morgan fingerprint density at radius 1 is 1.26 bits per heavy atom. The minimum atomic E-state index is -0.306. The molecule has 1 N–H and O–H groups in total. The van der Waals surface area contributed by atoms with E-state index in [9.17, 15) is 9.59 Å². The highest BCUT2D eigenvalue weighted by Gasteiger charge is 2.17. The molecule has 0 spiro atoms. The quantitative estimate of drug-likeness (QED) is 0.723. The van der Waals surface area contributed by atoms with Crippen molar-refractivity contribution in [1.82, 2.24) is 20.1 Å². The fraction of sp³-hybridized carbons (Fsp3) is 0.300. The van der Waals surface area contributed by atoms with Gasteiger partial charge in [0.25, 0.3) is 11.5 Å². The van der Waals surface area contributed by atoms with Crippen LogP contribution in [0.4, 0.5) is 0 Å². The highest BCUT2D eigenvalue weighted by atomic mass is 16.5. The standard InChI is InChI=1S/C20H22N4O3/c1-4-27-19-17(10-9-13(2)23-19)18(25)22-14(3)12-24-20(26)16-8-6-5-7-15(16)11-21-24/h5-11,14H,4,12H2,1-3H3,(H,22,25)/t14-/m1/s1. The lowest BCUT2D eigenvalue weighted by atomic mass is 10.2. The largest absolute Gasteiger partial charge is 0.477 e. The van der Waals surface area contributed by atoms with E-state index in [1.54, 1.807) is 24.4 Å². The number of hydrogen-bond acceptors (Lipinski definition) is 5. The SMILES string of the molecule is CCOc1nc(C)ccc1C(=O)N[C@H](C)Cn1ncc2ccccc2c1=O. The Kier molecular flexibility index (Phi) is 5.49. The Hall–Kier alpha value is -3.22. The van der Waals surface area contributed by atoms with Crippen molar-refractivity contribution in [3.8, 4) is 5.88 Å². The number of aromatic nitrogens is 3. The van der Waals surface area contributed by atoms with Crippen LogP contribution in [0.1, 0.15) is 29.9 Å². The van der Waals surface area contributed by atoms with Gasteiger partial charge in [-0.25, -0.2) is 9.67 Å². The van der Waals surface area contributed by atoms with Gasteiger partial charge in [-0.2, -0.15) is 5.10 Å². The van der Waals surface area contributed by atoms with Gasteiger partial charge < -0.3 is 10.1 Å². The Balaban J connectivity index is 1.76. The van der Waals surface area contributed by atoms with E-state index in [0.29, 0.717) is 23.4 Å². The van der Waals surface area contributed by atoms with Gasteiger partial charge in [0.1, 0.15) is 5.56 Å². The molecule has 2 heterocycles. The summed E-state index contributed by atoms with van der Waals surface area (Å²) in [5.41, 5.74) is 0.962. The number of amides is 1. The summed E-state index contributed by atoms with van der Waals surface area (Å²) in [6, 6.07) is 10.4. The fourth-order valence-electron chi connectivity index (χ4n) is 2.82. The molecule has 0 radical (unpaired) electrons. The zero-order valence-electron chi connectivity index (χ0n) is 15.6. The molecule has 1 atom stereocenters. The van der Waals surface area contributed by atoms with Gasteiger partial charge in [0.2, 0.25) is 5.88 Å². The molecule has 0 aliphatic heterocycles. The predicted octanol–water partition coefficient (Wildman–Crippen LogP) is 2.32. The molecule has 7 nitrogen and oxygen atoms in total. The van der Waals surface area contributed by atoms with Gasteiger partial charge in [-0.3, -0.25) is 9.59 Å². The Labute approximate surface area is 157 Å². The molecule has 1 amide bonds. The second-order valence-electron chi connectivity index (χ2n) is 6.33. The van der Waals surface area contributed by atoms with Crippen LogP contribution in [0.2, 0.25) is 0 Å². The van der Waals surface area contributed by atoms with Crippen molar-refractivity contribution in [2.45, 2.75) is 33.4 Å². The summed E-state index contributed by atoms with van der Waals surface area (Å²) >= 11 is 0. The third-order valence-corrected chi connectivity index (χ3v) is 4.11. The van der Waals surface area contributed by atoms with Crippen molar-refractivity contribution in [2.75, 3.05) is 6.61 Å². The van der Waals surface area contributed by atoms with Crippen molar-refractivity contribution in [2.24, 2.45) is 0 Å². The lowest BCUT2D eigenvalue weighted by Crippen LogP contribution is -2.39. The molecule has 0 aliphatic rings. The molecule has 140 valence electrons. The van der Waals surface area contributed by atoms with E-state index in [2.05, 4.69) is 15.4 Å². The lowest BCUT2D eigenvalue weighted by molar-refractivity contribution is 0.0931. The van der Waals surface area contributed by atoms with Crippen LogP contribution in [-0.2, 0) is 6.54 Å². The summed E-state index contributed by atoms with van der Waals surface area (Å²) in [5, 5.41) is 8.48. The number of nitrogens with zero attached hydrogens (tertiary/aromatic N) is 3. The van der Waals surface area contributed by atoms with Crippen LogP contribution in [0.15, 0.2) is 47.4 Å². The third kappa shape index (κ3) is 4.13. The number of aryl methyl sites for hydroxylation is 1. The Morgan fingerprint density at radius 3 is 2.81 bits per heavy atom. The lowest BCUT2D eigenvalue weighted by Gasteiger charge is -2.16. The van der Waals surface area contributed by atoms with Crippen LogP contribution in [0.3, 0.4) is 0 Å². The maximum absolute atomic E-state index is 12.6. The van der Waals surface area contributed by atoms with E-state index in [1.165, 1.54) is 4.68 Å². The molecule has 3 rings (SSSR count). The number of rotatable bonds is 6. The highest BCUT2D eigenvalue weighted by Crippen LogP contribution is 2.16. The fourth-order valence-corrected chi connectivity index (χ4v) is 2.82. The van der Waals surface area contributed by atoms with Gasteiger partial charge >= 0.3 is 0 Å². The van der Waals surface area contributed by atoms with Crippen LogP contribution < -0.4 is 15.6 Å². The van der Waals surface area contributed by atoms with Gasteiger partial charge in [0.05, 0.1) is 24.7 Å². The summed E-state index contributed by atoms with van der Waals surface area (Å²) in [6.07, 6.45) is 1.66. The maximum Gasteiger partial charge on any atom is 0.274 e. The van der Waals surface area contributed by atoms with Crippen LogP contribution in [0.25, 0.3) is 10.8 Å². The van der Waals surface area contributed by atoms with E-state index < -0.39 is 0 Å². The van der Waals surface area contributed by atoms with E-state index in [0.717, 1.165) is 11.1 Å². The minimum Gasteiger partial charge on any atom is -0.477 e. The minimum absolute atomic E-state index is 0.179. The second kappa shape index (κ2) is 7.99. The normalized spacial score (nSPS) is 12.0. The Morgan fingerprint density at radius 2 is 2.04 bits per heavy atom. The van der Waals surface area contributed by atoms with Crippen LogP contribution in [0, 0.1) is 6.92 Å². The van der Waals surface area contributed by atoms with Gasteiger partial charge in [-0.1, -0.05) is 18.2 Å². The first-order valence-electron chi connectivity index (χ1n) is 8.85. The van der Waals surface area contributed by atoms with E-state index in [-0.39, 0.29) is 24.1 Å². The number of carbonyl (C=O) groups is 1. The zero-order valence-corrected chi connectivity index (χ0v) is 15.6. The maximum atomic E-state index is 12.6. The number of pyridine rings is 1. The molecular formula is C20H22N4O3. The van der Waals surface area contributed by atoms with E-state index in [1.807, 2.05) is 39.0 Å². The van der Waals surface area contributed by atoms with Crippen molar-refractivity contribution in [1.29, 1.82) is 0 Å². The molecular weight excluding hydrogens is 344 g/mol. The second-order valence-corrected chi connectivity index (χ2v) is 6.33. The van der Waals surface area contributed by atoms with Crippen molar-refractivity contribution < 1.29 is 9.53 Å². The van der Waals surface area contributed by atoms with E-state index >= 15 is 0 Å². The predicted molar refractivity (Wildman–Crippen MR) is 103 cm³/mol. The van der Waals surface area contributed by atoms with Gasteiger partial charge in [-0.05, 0) is 39.0 Å². The number of carbonyl (C=O) groups excluding carboxylic acids is 1. The number of fused-ring (bicyclic) bond motifs is 1. The van der Waals surface area contributed by atoms with Crippen LogP contribution >= 0.6 is 0 Å². The van der Waals surface area contributed by atoms with Crippen molar-refractivity contribution in [3.63, 3.8) is 0 Å². The molecule has 0 fully saturated rings. The monoisotopic (exact) mass is 366 g/mol. The first kappa shape index (κ1) is 18.6. The summed E-state index contributed by atoms with van der Waals surface area (Å²) in [4.78, 5) is 29.4. The third-order valence-electron chi connectivity index (χ3n) is 4.11. The summed E-state index contributed by atoms with van der Waals surface area (Å²) in [7, 11) is 0. The first-order chi connectivity index (χ1) is 13.0.